The van der Waals surface area contributed by atoms with Gasteiger partial charge in [0.15, 0.2) is 0 Å². The lowest BCUT2D eigenvalue weighted by Crippen LogP contribution is -2.36. The fourth-order valence-corrected chi connectivity index (χ4v) is 4.67. The normalized spacial score (nSPS) is 17.6. The number of rotatable bonds is 9. The van der Waals surface area contributed by atoms with E-state index in [0.29, 0.717) is 25.3 Å². The number of methoxy groups -OCH3 is 1. The Morgan fingerprint density at radius 2 is 2.15 bits per heavy atom. The van der Waals surface area contributed by atoms with Crippen LogP contribution in [0.4, 0.5) is 0 Å². The van der Waals surface area contributed by atoms with Crippen LogP contribution in [-0.4, -0.2) is 63.4 Å². The molecule has 0 bridgehead atoms. The van der Waals surface area contributed by atoms with Crippen LogP contribution in [0.1, 0.15) is 36.5 Å². The van der Waals surface area contributed by atoms with E-state index >= 15 is 0 Å². The smallest absolute Gasteiger partial charge is 0.253 e. The molecule has 1 aromatic rings. The Hall–Kier alpha value is -1.70. The largest absolute Gasteiger partial charge is 0.385 e. The standard InChI is InChI=1S/C19H28N2O4S/c1-4-8-17-10-6-13-21(17)26(23,24)18-11-5-9-16(15-18)19(22)20(2)12-7-14-25-3/h5-6,9-11,15,17H,4,7-8,12-14H2,1-3H3/t17-/m0/s1. The minimum atomic E-state index is -3.63. The van der Waals surface area contributed by atoms with Gasteiger partial charge in [0.1, 0.15) is 0 Å². The lowest BCUT2D eigenvalue weighted by Gasteiger charge is -2.24. The molecule has 26 heavy (non-hydrogen) atoms. The van der Waals surface area contributed by atoms with Gasteiger partial charge in [-0.15, -0.1) is 0 Å². The van der Waals surface area contributed by atoms with E-state index in [0.717, 1.165) is 19.3 Å². The third-order valence-electron chi connectivity index (χ3n) is 4.47. The zero-order chi connectivity index (χ0) is 19.2. The molecule has 0 unspecified atom stereocenters. The number of carbonyl (C=O) groups excluding carboxylic acids is 1. The molecule has 0 fully saturated rings. The molecule has 0 saturated carbocycles. The molecule has 1 aliphatic heterocycles. The summed E-state index contributed by atoms with van der Waals surface area (Å²) in [6.07, 6.45) is 6.26. The van der Waals surface area contributed by atoms with Crippen LogP contribution in [0, 0.1) is 0 Å². The molecular formula is C19H28N2O4S. The van der Waals surface area contributed by atoms with Crippen molar-refractivity contribution in [3.05, 3.63) is 42.0 Å². The number of benzene rings is 1. The second-order valence-corrected chi connectivity index (χ2v) is 8.35. The quantitative estimate of drug-likeness (QED) is 0.488. The Kier molecular flexibility index (Phi) is 7.37. The maximum absolute atomic E-state index is 13.0. The summed E-state index contributed by atoms with van der Waals surface area (Å²) in [5.41, 5.74) is 0.380. The first-order valence-electron chi connectivity index (χ1n) is 8.94. The number of nitrogens with zero attached hydrogens (tertiary/aromatic N) is 2. The molecule has 1 aliphatic rings. The third kappa shape index (κ3) is 4.72. The Labute approximate surface area is 156 Å². The van der Waals surface area contributed by atoms with Crippen LogP contribution in [0.25, 0.3) is 0 Å². The first-order chi connectivity index (χ1) is 12.4. The van der Waals surface area contributed by atoms with E-state index in [1.807, 2.05) is 19.1 Å². The van der Waals surface area contributed by atoms with Crippen LogP contribution in [0.15, 0.2) is 41.3 Å². The minimum absolute atomic E-state index is 0.110. The monoisotopic (exact) mass is 380 g/mol. The van der Waals surface area contributed by atoms with Gasteiger partial charge >= 0.3 is 0 Å². The molecule has 1 atom stereocenters. The first kappa shape index (κ1) is 20.6. The summed E-state index contributed by atoms with van der Waals surface area (Å²) in [6, 6.07) is 6.20. The molecule has 1 amide bonds. The number of ether oxygens (including phenoxy) is 1. The second kappa shape index (κ2) is 9.30. The zero-order valence-corrected chi connectivity index (χ0v) is 16.5. The predicted octanol–water partition coefficient (Wildman–Crippen LogP) is 2.52. The summed E-state index contributed by atoms with van der Waals surface area (Å²) in [4.78, 5) is 14.3. The van der Waals surface area contributed by atoms with Crippen molar-refractivity contribution in [1.29, 1.82) is 0 Å². The molecule has 0 saturated heterocycles. The van der Waals surface area contributed by atoms with Gasteiger partial charge < -0.3 is 9.64 Å². The van der Waals surface area contributed by atoms with Crippen LogP contribution in [0.3, 0.4) is 0 Å². The number of hydrogen-bond acceptors (Lipinski definition) is 4. The maximum atomic E-state index is 13.0. The van der Waals surface area contributed by atoms with E-state index < -0.39 is 10.0 Å². The summed E-state index contributed by atoms with van der Waals surface area (Å²) in [7, 11) is -0.303. The van der Waals surface area contributed by atoms with E-state index in [1.54, 1.807) is 37.3 Å². The molecule has 7 heteroatoms. The number of carbonyl (C=O) groups is 1. The van der Waals surface area contributed by atoms with Gasteiger partial charge in [0.05, 0.1) is 4.90 Å². The molecule has 0 radical (unpaired) electrons. The summed E-state index contributed by atoms with van der Waals surface area (Å²) < 4.78 is 32.5. The van der Waals surface area contributed by atoms with E-state index in [1.165, 1.54) is 10.4 Å². The van der Waals surface area contributed by atoms with E-state index in [2.05, 4.69) is 0 Å². The van der Waals surface area contributed by atoms with Crippen molar-refractivity contribution in [1.82, 2.24) is 9.21 Å². The van der Waals surface area contributed by atoms with Gasteiger partial charge in [-0.05, 0) is 31.0 Å². The summed E-state index contributed by atoms with van der Waals surface area (Å²) in [5, 5.41) is 0. The van der Waals surface area contributed by atoms with Gasteiger partial charge in [0.2, 0.25) is 10.0 Å². The molecule has 0 aromatic heterocycles. The average molecular weight is 381 g/mol. The highest BCUT2D eigenvalue weighted by Gasteiger charge is 2.32. The Morgan fingerprint density at radius 3 is 2.85 bits per heavy atom. The van der Waals surface area contributed by atoms with Gasteiger partial charge in [-0.1, -0.05) is 31.6 Å². The van der Waals surface area contributed by atoms with Crippen molar-refractivity contribution in [2.45, 2.75) is 37.1 Å². The topological polar surface area (TPSA) is 66.9 Å². The number of hydrogen-bond donors (Lipinski definition) is 0. The molecule has 1 heterocycles. The molecule has 0 aliphatic carbocycles. The zero-order valence-electron chi connectivity index (χ0n) is 15.7. The second-order valence-electron chi connectivity index (χ2n) is 6.46. The molecular weight excluding hydrogens is 352 g/mol. The molecule has 6 nitrogen and oxygen atoms in total. The molecule has 0 N–H and O–H groups in total. The molecule has 1 aromatic carbocycles. The Morgan fingerprint density at radius 1 is 1.38 bits per heavy atom. The highest BCUT2D eigenvalue weighted by molar-refractivity contribution is 7.89. The molecule has 0 spiro atoms. The van der Waals surface area contributed by atoms with Crippen molar-refractivity contribution in [2.24, 2.45) is 0 Å². The fourth-order valence-electron chi connectivity index (χ4n) is 3.06. The third-order valence-corrected chi connectivity index (χ3v) is 6.36. The lowest BCUT2D eigenvalue weighted by molar-refractivity contribution is 0.0779. The summed E-state index contributed by atoms with van der Waals surface area (Å²) >= 11 is 0. The van der Waals surface area contributed by atoms with Crippen LogP contribution in [-0.2, 0) is 14.8 Å². The van der Waals surface area contributed by atoms with E-state index in [4.69, 9.17) is 4.74 Å². The molecule has 2 rings (SSSR count). The van der Waals surface area contributed by atoms with Gasteiger partial charge in [0.25, 0.3) is 5.91 Å². The highest BCUT2D eigenvalue weighted by Crippen LogP contribution is 2.25. The van der Waals surface area contributed by atoms with Gasteiger partial charge in [-0.25, -0.2) is 8.42 Å². The summed E-state index contributed by atoms with van der Waals surface area (Å²) in [5.74, 6) is -0.192. The van der Waals surface area contributed by atoms with Crippen LogP contribution < -0.4 is 0 Å². The predicted molar refractivity (Wildman–Crippen MR) is 102 cm³/mol. The van der Waals surface area contributed by atoms with Crippen molar-refractivity contribution < 1.29 is 17.9 Å². The number of amides is 1. The average Bonchev–Trinajstić information content (AvgIpc) is 3.11. The Bertz CT molecular complexity index is 746. The van der Waals surface area contributed by atoms with Crippen molar-refractivity contribution in [3.8, 4) is 0 Å². The van der Waals surface area contributed by atoms with Crippen molar-refractivity contribution in [3.63, 3.8) is 0 Å². The van der Waals surface area contributed by atoms with Crippen molar-refractivity contribution in [2.75, 3.05) is 33.9 Å². The van der Waals surface area contributed by atoms with Crippen molar-refractivity contribution >= 4 is 15.9 Å². The molecule has 144 valence electrons. The first-order valence-corrected chi connectivity index (χ1v) is 10.4. The maximum Gasteiger partial charge on any atom is 0.253 e. The van der Waals surface area contributed by atoms with E-state index in [-0.39, 0.29) is 16.8 Å². The summed E-state index contributed by atoms with van der Waals surface area (Å²) in [6.45, 7) is 3.54. The van der Waals surface area contributed by atoms with Crippen LogP contribution >= 0.6 is 0 Å². The van der Waals surface area contributed by atoms with Crippen LogP contribution in [0.5, 0.6) is 0 Å². The van der Waals surface area contributed by atoms with Crippen LogP contribution in [0.2, 0.25) is 0 Å². The van der Waals surface area contributed by atoms with Gasteiger partial charge in [-0.2, -0.15) is 4.31 Å². The lowest BCUT2D eigenvalue weighted by atomic mass is 10.2. The van der Waals surface area contributed by atoms with Gasteiger partial charge in [-0.3, -0.25) is 4.79 Å². The van der Waals surface area contributed by atoms with Gasteiger partial charge in [0, 0.05) is 45.5 Å². The minimum Gasteiger partial charge on any atom is -0.385 e. The fraction of sp³-hybridized carbons (Fsp3) is 0.526. The van der Waals surface area contributed by atoms with E-state index in [9.17, 15) is 13.2 Å². The Balaban J connectivity index is 2.18. The highest BCUT2D eigenvalue weighted by atomic mass is 32.2. The SMILES string of the molecule is CCC[C@H]1C=CCN1S(=O)(=O)c1cccc(C(=O)N(C)CCCOC)c1. The number of sulfonamides is 1.